The zero-order chi connectivity index (χ0) is 15.5. The molecular formula is C16H17N3O2S. The van der Waals surface area contributed by atoms with Crippen molar-refractivity contribution >= 4 is 23.2 Å². The summed E-state index contributed by atoms with van der Waals surface area (Å²) in [5, 5.41) is 3.65. The van der Waals surface area contributed by atoms with Crippen molar-refractivity contribution in [1.29, 1.82) is 0 Å². The molecule has 0 bridgehead atoms. The average molecular weight is 315 g/mol. The van der Waals surface area contributed by atoms with Crippen LogP contribution < -0.4 is 5.32 Å². The van der Waals surface area contributed by atoms with Gasteiger partial charge in [-0.2, -0.15) is 0 Å². The van der Waals surface area contributed by atoms with E-state index in [1.54, 1.807) is 4.90 Å². The number of benzene rings is 1. The second-order valence-corrected chi connectivity index (χ2v) is 6.34. The predicted octanol–water partition coefficient (Wildman–Crippen LogP) is 1.61. The van der Waals surface area contributed by atoms with Gasteiger partial charge in [0.1, 0.15) is 4.88 Å². The summed E-state index contributed by atoms with van der Waals surface area (Å²) in [4.78, 5) is 30.7. The van der Waals surface area contributed by atoms with Crippen LogP contribution in [0.3, 0.4) is 0 Å². The number of amides is 2. The summed E-state index contributed by atoms with van der Waals surface area (Å²) in [5.41, 5.74) is 1.92. The van der Waals surface area contributed by atoms with Crippen LogP contribution in [0.5, 0.6) is 0 Å². The van der Waals surface area contributed by atoms with Crippen molar-refractivity contribution in [2.75, 3.05) is 19.6 Å². The third-order valence-corrected chi connectivity index (χ3v) is 4.70. The Morgan fingerprint density at radius 3 is 2.86 bits per heavy atom. The molecule has 3 rings (SSSR count). The lowest BCUT2D eigenvalue weighted by Gasteiger charge is -2.26. The molecule has 0 saturated carbocycles. The van der Waals surface area contributed by atoms with E-state index in [4.69, 9.17) is 0 Å². The minimum Gasteiger partial charge on any atom is -0.353 e. The van der Waals surface area contributed by atoms with Crippen molar-refractivity contribution in [3.63, 3.8) is 0 Å². The van der Waals surface area contributed by atoms with Gasteiger partial charge >= 0.3 is 0 Å². The number of thiazole rings is 1. The Balaban J connectivity index is 1.77. The molecule has 5 nitrogen and oxygen atoms in total. The highest BCUT2D eigenvalue weighted by Gasteiger charge is 2.25. The van der Waals surface area contributed by atoms with Gasteiger partial charge in [-0.3, -0.25) is 9.59 Å². The zero-order valence-corrected chi connectivity index (χ0v) is 13.2. The van der Waals surface area contributed by atoms with Gasteiger partial charge in [0.2, 0.25) is 5.91 Å². The van der Waals surface area contributed by atoms with Crippen LogP contribution in [-0.4, -0.2) is 41.3 Å². The summed E-state index contributed by atoms with van der Waals surface area (Å²) in [6.45, 7) is 3.04. The molecule has 1 saturated heterocycles. The topological polar surface area (TPSA) is 62.3 Å². The lowest BCUT2D eigenvalue weighted by atomic mass is 10.2. The first-order chi connectivity index (χ1) is 10.6. The number of hydrogen-bond donors (Lipinski definition) is 1. The predicted molar refractivity (Wildman–Crippen MR) is 85.0 cm³/mol. The van der Waals surface area contributed by atoms with Gasteiger partial charge in [-0.15, -0.1) is 11.3 Å². The number of hydrogen-bond acceptors (Lipinski definition) is 4. The number of nitrogens with zero attached hydrogens (tertiary/aromatic N) is 2. The number of rotatable bonds is 3. The van der Waals surface area contributed by atoms with Gasteiger partial charge in [-0.1, -0.05) is 30.3 Å². The molecule has 0 aliphatic carbocycles. The lowest BCUT2D eigenvalue weighted by Crippen LogP contribution is -2.49. The third kappa shape index (κ3) is 3.17. The van der Waals surface area contributed by atoms with Gasteiger partial charge in [-0.05, 0) is 12.5 Å². The molecule has 1 aliphatic rings. The first-order valence-electron chi connectivity index (χ1n) is 7.19. The van der Waals surface area contributed by atoms with Crippen LogP contribution in [-0.2, 0) is 11.2 Å². The van der Waals surface area contributed by atoms with Crippen LogP contribution in [0.4, 0.5) is 0 Å². The molecular weight excluding hydrogens is 298 g/mol. The highest BCUT2D eigenvalue weighted by molar-refractivity contribution is 7.13. The monoisotopic (exact) mass is 315 g/mol. The van der Waals surface area contributed by atoms with E-state index in [0.717, 1.165) is 17.1 Å². The van der Waals surface area contributed by atoms with E-state index < -0.39 is 0 Å². The van der Waals surface area contributed by atoms with E-state index >= 15 is 0 Å². The second kappa shape index (κ2) is 6.27. The van der Waals surface area contributed by atoms with Crippen LogP contribution in [0.15, 0.2) is 30.3 Å². The largest absolute Gasteiger partial charge is 0.353 e. The van der Waals surface area contributed by atoms with Crippen LogP contribution >= 0.6 is 11.3 Å². The van der Waals surface area contributed by atoms with Gasteiger partial charge in [-0.25, -0.2) is 4.98 Å². The van der Waals surface area contributed by atoms with E-state index in [2.05, 4.69) is 10.3 Å². The zero-order valence-electron chi connectivity index (χ0n) is 12.3. The van der Waals surface area contributed by atoms with Crippen molar-refractivity contribution in [3.05, 3.63) is 51.5 Å². The second-order valence-electron chi connectivity index (χ2n) is 5.26. The Bertz CT molecular complexity index is 697. The molecule has 1 N–H and O–H groups in total. The van der Waals surface area contributed by atoms with Gasteiger partial charge in [0.05, 0.1) is 17.2 Å². The first kappa shape index (κ1) is 14.7. The number of nitrogens with one attached hydrogen (secondary N) is 1. The maximum Gasteiger partial charge on any atom is 0.266 e. The Morgan fingerprint density at radius 1 is 1.36 bits per heavy atom. The summed E-state index contributed by atoms with van der Waals surface area (Å²) in [6, 6.07) is 10.1. The molecule has 1 aliphatic heterocycles. The minimum absolute atomic E-state index is 0.0934. The summed E-state index contributed by atoms with van der Waals surface area (Å²) < 4.78 is 0. The average Bonchev–Trinajstić information content (AvgIpc) is 2.88. The first-order valence-corrected chi connectivity index (χ1v) is 8.01. The summed E-state index contributed by atoms with van der Waals surface area (Å²) in [6.07, 6.45) is 0.722. The Hall–Kier alpha value is -2.21. The van der Waals surface area contributed by atoms with Crippen molar-refractivity contribution < 1.29 is 9.59 Å². The number of aryl methyl sites for hydroxylation is 1. The van der Waals surface area contributed by atoms with E-state index in [9.17, 15) is 9.59 Å². The number of carbonyl (C=O) groups excluding carboxylic acids is 2. The van der Waals surface area contributed by atoms with E-state index in [1.165, 1.54) is 16.9 Å². The molecule has 0 unspecified atom stereocenters. The fourth-order valence-corrected chi connectivity index (χ4v) is 3.52. The molecule has 6 heteroatoms. The molecule has 2 aromatic rings. The maximum atomic E-state index is 12.5. The van der Waals surface area contributed by atoms with E-state index in [-0.39, 0.29) is 18.4 Å². The van der Waals surface area contributed by atoms with Crippen molar-refractivity contribution in [2.45, 2.75) is 13.3 Å². The molecule has 1 aromatic carbocycles. The van der Waals surface area contributed by atoms with E-state index in [0.29, 0.717) is 18.0 Å². The third-order valence-electron chi connectivity index (χ3n) is 3.56. The quantitative estimate of drug-likeness (QED) is 0.936. The van der Waals surface area contributed by atoms with Crippen LogP contribution in [0.25, 0.3) is 0 Å². The van der Waals surface area contributed by atoms with Crippen molar-refractivity contribution in [3.8, 4) is 0 Å². The molecule has 0 spiro atoms. The van der Waals surface area contributed by atoms with Crippen LogP contribution in [0.1, 0.15) is 25.9 Å². The van der Waals surface area contributed by atoms with Gasteiger partial charge in [0, 0.05) is 19.5 Å². The Kier molecular flexibility index (Phi) is 4.20. The lowest BCUT2D eigenvalue weighted by molar-refractivity contribution is -0.123. The highest BCUT2D eigenvalue weighted by atomic mass is 32.1. The molecule has 114 valence electrons. The Labute approximate surface area is 133 Å². The molecule has 0 radical (unpaired) electrons. The fraction of sp³-hybridized carbons (Fsp3) is 0.312. The van der Waals surface area contributed by atoms with Crippen molar-refractivity contribution in [2.24, 2.45) is 0 Å². The Morgan fingerprint density at radius 2 is 2.14 bits per heavy atom. The van der Waals surface area contributed by atoms with Gasteiger partial charge in [0.25, 0.3) is 5.91 Å². The van der Waals surface area contributed by atoms with Crippen molar-refractivity contribution in [1.82, 2.24) is 15.2 Å². The maximum absolute atomic E-state index is 12.5. The highest BCUT2D eigenvalue weighted by Crippen LogP contribution is 2.22. The summed E-state index contributed by atoms with van der Waals surface area (Å²) >= 11 is 1.42. The fourth-order valence-electron chi connectivity index (χ4n) is 2.45. The van der Waals surface area contributed by atoms with E-state index in [1.807, 2.05) is 37.3 Å². The molecule has 1 fully saturated rings. The number of carbonyl (C=O) groups is 2. The van der Waals surface area contributed by atoms with Crippen LogP contribution in [0.2, 0.25) is 0 Å². The molecule has 0 atom stereocenters. The smallest absolute Gasteiger partial charge is 0.266 e. The number of aromatic nitrogens is 1. The summed E-state index contributed by atoms with van der Waals surface area (Å²) in [5.74, 6) is -0.199. The normalized spacial score (nSPS) is 14.8. The molecule has 1 aromatic heterocycles. The summed E-state index contributed by atoms with van der Waals surface area (Å²) in [7, 11) is 0. The van der Waals surface area contributed by atoms with Crippen LogP contribution in [0, 0.1) is 6.92 Å². The standard InChI is InChI=1S/C16H17N3O2S/c1-11-15(16(21)19-8-7-17-13(20)10-19)22-14(18-11)9-12-5-3-2-4-6-12/h2-6H,7-10H2,1H3,(H,17,20). The van der Waals surface area contributed by atoms with Gasteiger partial charge in [0.15, 0.2) is 0 Å². The molecule has 2 amide bonds. The van der Waals surface area contributed by atoms with Gasteiger partial charge < -0.3 is 10.2 Å². The number of piperazine rings is 1. The SMILES string of the molecule is Cc1nc(Cc2ccccc2)sc1C(=O)N1CCNC(=O)C1. The minimum atomic E-state index is -0.105. The molecule has 22 heavy (non-hydrogen) atoms. The molecule has 2 heterocycles.